The summed E-state index contributed by atoms with van der Waals surface area (Å²) in [7, 11) is 0. The molecule has 0 amide bonds. The van der Waals surface area contributed by atoms with Crippen molar-refractivity contribution in [2.75, 3.05) is 5.32 Å². The molecule has 0 aliphatic rings. The molecule has 0 spiro atoms. The fourth-order valence-electron chi connectivity index (χ4n) is 1.89. The van der Waals surface area contributed by atoms with Crippen molar-refractivity contribution >= 4 is 22.4 Å². The monoisotopic (exact) mass is 251 g/mol. The average molecular weight is 251 g/mol. The smallest absolute Gasteiger partial charge is 0.0911 e. The minimum absolute atomic E-state index is 0.0979. The molecule has 0 aliphatic heterocycles. The second-order valence-corrected chi connectivity index (χ2v) is 4.21. The molecule has 0 saturated carbocycles. The first-order valence-electron chi connectivity index (χ1n) is 6.04. The van der Waals surface area contributed by atoms with E-state index in [2.05, 4.69) is 15.3 Å². The predicted molar refractivity (Wildman–Crippen MR) is 75.2 cm³/mol. The number of para-hydroxylation sites is 1. The molecule has 94 valence electrons. The van der Waals surface area contributed by atoms with Crippen molar-refractivity contribution < 1.29 is 5.11 Å². The van der Waals surface area contributed by atoms with Gasteiger partial charge in [-0.25, -0.2) is 4.98 Å². The summed E-state index contributed by atoms with van der Waals surface area (Å²) in [5.74, 6) is 0. The van der Waals surface area contributed by atoms with Gasteiger partial charge >= 0.3 is 0 Å². The highest BCUT2D eigenvalue weighted by Gasteiger charge is 2.01. The predicted octanol–water partition coefficient (Wildman–Crippen LogP) is 2.87. The first kappa shape index (κ1) is 11.6. The maximum Gasteiger partial charge on any atom is 0.0911 e. The number of rotatable bonds is 3. The van der Waals surface area contributed by atoms with Crippen molar-refractivity contribution in [2.24, 2.45) is 0 Å². The Kier molecular flexibility index (Phi) is 3.08. The van der Waals surface area contributed by atoms with E-state index in [4.69, 9.17) is 5.11 Å². The van der Waals surface area contributed by atoms with Gasteiger partial charge in [-0.1, -0.05) is 18.2 Å². The molecule has 1 heterocycles. The fourth-order valence-corrected chi connectivity index (χ4v) is 1.89. The van der Waals surface area contributed by atoms with Crippen LogP contribution in [0.25, 0.3) is 11.0 Å². The van der Waals surface area contributed by atoms with Gasteiger partial charge in [0.2, 0.25) is 0 Å². The summed E-state index contributed by atoms with van der Waals surface area (Å²) in [6.45, 7) is -0.0979. The Hall–Kier alpha value is -2.46. The van der Waals surface area contributed by atoms with Crippen molar-refractivity contribution in [2.45, 2.75) is 6.61 Å². The van der Waals surface area contributed by atoms with Gasteiger partial charge in [0, 0.05) is 11.4 Å². The van der Waals surface area contributed by atoms with Gasteiger partial charge in [0.1, 0.15) is 0 Å². The van der Waals surface area contributed by atoms with E-state index in [1.165, 1.54) is 0 Å². The van der Waals surface area contributed by atoms with Crippen LogP contribution in [0, 0.1) is 0 Å². The quantitative estimate of drug-likeness (QED) is 0.751. The summed E-state index contributed by atoms with van der Waals surface area (Å²) in [5.41, 5.74) is 4.13. The van der Waals surface area contributed by atoms with E-state index in [0.29, 0.717) is 5.69 Å². The summed E-state index contributed by atoms with van der Waals surface area (Å²) < 4.78 is 0. The molecule has 2 N–H and O–H groups in total. The molecule has 4 nitrogen and oxygen atoms in total. The lowest BCUT2D eigenvalue weighted by atomic mass is 10.2. The first-order chi connectivity index (χ1) is 9.35. The number of benzene rings is 2. The molecule has 3 rings (SSSR count). The Balaban J connectivity index is 1.96. The molecule has 1 aromatic heterocycles. The molecule has 0 aliphatic carbocycles. The molecule has 0 saturated heterocycles. The Morgan fingerprint density at radius 3 is 2.58 bits per heavy atom. The Morgan fingerprint density at radius 1 is 0.947 bits per heavy atom. The van der Waals surface area contributed by atoms with Crippen LogP contribution in [-0.4, -0.2) is 15.1 Å². The normalized spacial score (nSPS) is 10.6. The highest BCUT2D eigenvalue weighted by atomic mass is 16.3. The molecule has 0 atom stereocenters. The average Bonchev–Trinajstić information content (AvgIpc) is 2.47. The van der Waals surface area contributed by atoms with Crippen LogP contribution in [0.4, 0.5) is 11.4 Å². The highest BCUT2D eigenvalue weighted by Crippen LogP contribution is 2.20. The lowest BCUT2D eigenvalue weighted by molar-refractivity contribution is 0.277. The SMILES string of the molecule is OCc1cnc2ccc(Nc3ccccc3)cc2n1. The fraction of sp³-hybridized carbons (Fsp3) is 0.0667. The molecule has 0 unspecified atom stereocenters. The zero-order valence-electron chi connectivity index (χ0n) is 10.2. The third-order valence-electron chi connectivity index (χ3n) is 2.82. The van der Waals surface area contributed by atoms with Crippen LogP contribution in [0.15, 0.2) is 54.7 Å². The van der Waals surface area contributed by atoms with Gasteiger partial charge in [-0.2, -0.15) is 0 Å². The van der Waals surface area contributed by atoms with Gasteiger partial charge < -0.3 is 10.4 Å². The topological polar surface area (TPSA) is 58.0 Å². The molecule has 19 heavy (non-hydrogen) atoms. The lowest BCUT2D eigenvalue weighted by Crippen LogP contribution is -1.94. The second kappa shape index (κ2) is 5.04. The van der Waals surface area contributed by atoms with Gasteiger partial charge in [-0.3, -0.25) is 4.98 Å². The zero-order valence-corrected chi connectivity index (χ0v) is 10.2. The summed E-state index contributed by atoms with van der Waals surface area (Å²) >= 11 is 0. The number of aliphatic hydroxyl groups is 1. The van der Waals surface area contributed by atoms with Crippen molar-refractivity contribution in [3.63, 3.8) is 0 Å². The number of anilines is 2. The van der Waals surface area contributed by atoms with Crippen molar-refractivity contribution in [3.8, 4) is 0 Å². The van der Waals surface area contributed by atoms with Crippen LogP contribution in [-0.2, 0) is 6.61 Å². The molecular formula is C15H13N3O. The van der Waals surface area contributed by atoms with Gasteiger partial charge in [0.05, 0.1) is 29.5 Å². The van der Waals surface area contributed by atoms with Crippen LogP contribution in [0.5, 0.6) is 0 Å². The largest absolute Gasteiger partial charge is 0.390 e. The summed E-state index contributed by atoms with van der Waals surface area (Å²) in [6.07, 6.45) is 1.59. The van der Waals surface area contributed by atoms with E-state index in [1.807, 2.05) is 48.5 Å². The summed E-state index contributed by atoms with van der Waals surface area (Å²) in [6, 6.07) is 15.7. The Bertz CT molecular complexity index is 698. The molecule has 0 bridgehead atoms. The maximum atomic E-state index is 9.08. The van der Waals surface area contributed by atoms with Gasteiger partial charge in [0.15, 0.2) is 0 Å². The molecule has 0 fully saturated rings. The van der Waals surface area contributed by atoms with Gasteiger partial charge in [-0.05, 0) is 30.3 Å². The molecule has 3 aromatic rings. The number of nitrogens with one attached hydrogen (secondary N) is 1. The van der Waals surface area contributed by atoms with Crippen LogP contribution in [0.1, 0.15) is 5.69 Å². The van der Waals surface area contributed by atoms with Crippen LogP contribution >= 0.6 is 0 Å². The van der Waals surface area contributed by atoms with Crippen molar-refractivity contribution in [3.05, 3.63) is 60.4 Å². The maximum absolute atomic E-state index is 9.08. The van der Waals surface area contributed by atoms with Crippen molar-refractivity contribution in [1.82, 2.24) is 9.97 Å². The van der Waals surface area contributed by atoms with Crippen molar-refractivity contribution in [1.29, 1.82) is 0 Å². The number of hydrogen-bond acceptors (Lipinski definition) is 4. The molecule has 4 heteroatoms. The van der Waals surface area contributed by atoms with E-state index in [0.717, 1.165) is 22.4 Å². The minimum Gasteiger partial charge on any atom is -0.390 e. The zero-order chi connectivity index (χ0) is 13.1. The van der Waals surface area contributed by atoms with Crippen LogP contribution in [0.2, 0.25) is 0 Å². The number of fused-ring (bicyclic) bond motifs is 1. The van der Waals surface area contributed by atoms with E-state index in [-0.39, 0.29) is 6.61 Å². The highest BCUT2D eigenvalue weighted by molar-refractivity contribution is 5.79. The van der Waals surface area contributed by atoms with Gasteiger partial charge in [0.25, 0.3) is 0 Å². The number of nitrogens with zero attached hydrogens (tertiary/aromatic N) is 2. The van der Waals surface area contributed by atoms with E-state index in [1.54, 1.807) is 6.20 Å². The number of aromatic nitrogens is 2. The van der Waals surface area contributed by atoms with E-state index >= 15 is 0 Å². The Labute approximate surface area is 110 Å². The number of hydrogen-bond donors (Lipinski definition) is 2. The molecule has 0 radical (unpaired) electrons. The van der Waals surface area contributed by atoms with Gasteiger partial charge in [-0.15, -0.1) is 0 Å². The summed E-state index contributed by atoms with van der Waals surface area (Å²) in [5, 5.41) is 12.4. The molecule has 2 aromatic carbocycles. The standard InChI is InChI=1S/C15H13N3O/c19-10-13-9-16-14-7-6-12(8-15(14)18-13)17-11-4-2-1-3-5-11/h1-9,17,19H,10H2. The first-order valence-corrected chi connectivity index (χ1v) is 6.04. The third-order valence-corrected chi connectivity index (χ3v) is 2.82. The summed E-state index contributed by atoms with van der Waals surface area (Å²) in [4.78, 5) is 8.59. The van der Waals surface area contributed by atoms with E-state index < -0.39 is 0 Å². The second-order valence-electron chi connectivity index (χ2n) is 4.21. The van der Waals surface area contributed by atoms with E-state index in [9.17, 15) is 0 Å². The third kappa shape index (κ3) is 2.53. The van der Waals surface area contributed by atoms with Crippen LogP contribution < -0.4 is 5.32 Å². The van der Waals surface area contributed by atoms with Crippen LogP contribution in [0.3, 0.4) is 0 Å². The molecular weight excluding hydrogens is 238 g/mol. The number of aliphatic hydroxyl groups excluding tert-OH is 1. The Morgan fingerprint density at radius 2 is 1.79 bits per heavy atom. The lowest BCUT2D eigenvalue weighted by Gasteiger charge is -2.07. The minimum atomic E-state index is -0.0979.